The standard InChI is InChI=1S/C18H29N3O2S/c1-17(2)10-12(11-18(3,4)21-17)19-16(24)20-14-8-7-13(22-5)9-15(14)23-6/h7-9,12,21H,10-11H2,1-6H3,(H2,19,20,24)/p+1. The minimum atomic E-state index is 0.201. The average Bonchev–Trinajstić information content (AvgIpc) is 2.44. The summed E-state index contributed by atoms with van der Waals surface area (Å²) in [5.41, 5.74) is 1.23. The highest BCUT2D eigenvalue weighted by Gasteiger charge is 2.41. The number of quaternary nitrogens is 1. The molecule has 0 radical (unpaired) electrons. The Labute approximate surface area is 150 Å². The van der Waals surface area contributed by atoms with Crippen molar-refractivity contribution >= 4 is 23.0 Å². The Morgan fingerprint density at radius 1 is 1.12 bits per heavy atom. The third-order valence-electron chi connectivity index (χ3n) is 4.32. The van der Waals surface area contributed by atoms with Gasteiger partial charge in [-0.2, -0.15) is 0 Å². The quantitative estimate of drug-likeness (QED) is 0.726. The maximum atomic E-state index is 5.52. The fraction of sp³-hybridized carbons (Fsp3) is 0.611. The summed E-state index contributed by atoms with van der Waals surface area (Å²) in [6.07, 6.45) is 2.13. The largest absolute Gasteiger partial charge is 0.497 e. The minimum Gasteiger partial charge on any atom is -0.497 e. The van der Waals surface area contributed by atoms with Crippen LogP contribution in [-0.4, -0.2) is 36.5 Å². The molecule has 0 atom stereocenters. The van der Waals surface area contributed by atoms with Crippen LogP contribution < -0.4 is 25.4 Å². The molecule has 1 aromatic carbocycles. The van der Waals surface area contributed by atoms with Gasteiger partial charge in [0.25, 0.3) is 0 Å². The number of benzene rings is 1. The first-order valence-electron chi connectivity index (χ1n) is 8.31. The zero-order valence-electron chi connectivity index (χ0n) is 15.5. The fourth-order valence-corrected chi connectivity index (χ4v) is 4.14. The molecule has 0 bridgehead atoms. The molecule has 0 saturated carbocycles. The predicted octanol–water partition coefficient (Wildman–Crippen LogP) is 2.27. The lowest BCUT2D eigenvalue weighted by Gasteiger charge is -2.43. The second kappa shape index (κ2) is 7.15. The number of methoxy groups -OCH3 is 2. The second-order valence-corrected chi connectivity index (χ2v) is 8.30. The van der Waals surface area contributed by atoms with Crippen LogP contribution in [0.1, 0.15) is 40.5 Å². The van der Waals surface area contributed by atoms with E-state index in [1.54, 1.807) is 14.2 Å². The Morgan fingerprint density at radius 2 is 1.75 bits per heavy atom. The average molecular weight is 353 g/mol. The molecule has 2 rings (SSSR count). The summed E-state index contributed by atoms with van der Waals surface area (Å²) < 4.78 is 10.6. The molecule has 0 aromatic heterocycles. The summed E-state index contributed by atoms with van der Waals surface area (Å²) in [6, 6.07) is 5.99. The van der Waals surface area contributed by atoms with Gasteiger partial charge in [0.2, 0.25) is 0 Å². The van der Waals surface area contributed by atoms with Crippen LogP contribution in [0.3, 0.4) is 0 Å². The van der Waals surface area contributed by atoms with Gasteiger partial charge in [0.05, 0.1) is 31.0 Å². The second-order valence-electron chi connectivity index (χ2n) is 7.89. The van der Waals surface area contributed by atoms with Crippen LogP contribution in [0.2, 0.25) is 0 Å². The highest BCUT2D eigenvalue weighted by atomic mass is 32.1. The van der Waals surface area contributed by atoms with Crippen LogP contribution in [0.5, 0.6) is 11.5 Å². The summed E-state index contributed by atoms with van der Waals surface area (Å²) in [5, 5.41) is 9.80. The Balaban J connectivity index is 2.03. The van der Waals surface area contributed by atoms with E-state index in [-0.39, 0.29) is 11.1 Å². The molecular formula is C18H30N3O2S+. The van der Waals surface area contributed by atoms with E-state index < -0.39 is 0 Å². The SMILES string of the molecule is COc1ccc(NC(=S)NC2CC(C)(C)[NH2+]C(C)(C)C2)c(OC)c1. The molecule has 1 aliphatic rings. The van der Waals surface area contributed by atoms with Crippen molar-refractivity contribution in [1.82, 2.24) is 5.32 Å². The van der Waals surface area contributed by atoms with Crippen LogP contribution >= 0.6 is 12.2 Å². The zero-order chi connectivity index (χ0) is 18.0. The fourth-order valence-electron chi connectivity index (χ4n) is 3.87. The molecule has 0 aliphatic carbocycles. The number of anilines is 1. The molecule has 1 aliphatic heterocycles. The zero-order valence-corrected chi connectivity index (χ0v) is 16.3. The van der Waals surface area contributed by atoms with Gasteiger partial charge >= 0.3 is 0 Å². The summed E-state index contributed by atoms with van der Waals surface area (Å²) in [6.45, 7) is 9.13. The van der Waals surface area contributed by atoms with Gasteiger partial charge in [0.1, 0.15) is 11.5 Å². The van der Waals surface area contributed by atoms with E-state index in [9.17, 15) is 0 Å². The maximum absolute atomic E-state index is 5.52. The summed E-state index contributed by atoms with van der Waals surface area (Å²) >= 11 is 5.52. The first-order valence-corrected chi connectivity index (χ1v) is 8.71. The van der Waals surface area contributed by atoms with Gasteiger partial charge in [0, 0.05) is 24.9 Å². The third kappa shape index (κ3) is 4.98. The lowest BCUT2D eigenvalue weighted by Crippen LogP contribution is -3.06. The number of hydrogen-bond acceptors (Lipinski definition) is 3. The summed E-state index contributed by atoms with van der Waals surface area (Å²) in [4.78, 5) is 0. The first kappa shape index (κ1) is 18.8. The van der Waals surface area contributed by atoms with Crippen molar-refractivity contribution in [3.8, 4) is 11.5 Å². The van der Waals surface area contributed by atoms with Crippen LogP contribution in [-0.2, 0) is 0 Å². The van der Waals surface area contributed by atoms with Crippen molar-refractivity contribution in [3.63, 3.8) is 0 Å². The smallest absolute Gasteiger partial charge is 0.171 e. The number of nitrogens with one attached hydrogen (secondary N) is 2. The van der Waals surface area contributed by atoms with Gasteiger partial charge < -0.3 is 25.4 Å². The van der Waals surface area contributed by atoms with Crippen LogP contribution in [0, 0.1) is 0 Å². The van der Waals surface area contributed by atoms with E-state index in [4.69, 9.17) is 21.7 Å². The summed E-state index contributed by atoms with van der Waals surface area (Å²) in [7, 11) is 3.27. The molecule has 1 heterocycles. The van der Waals surface area contributed by atoms with Crippen molar-refractivity contribution in [1.29, 1.82) is 0 Å². The lowest BCUT2D eigenvalue weighted by atomic mass is 9.80. The molecule has 1 saturated heterocycles. The molecular weight excluding hydrogens is 322 g/mol. The molecule has 5 nitrogen and oxygen atoms in total. The molecule has 0 spiro atoms. The number of nitrogens with two attached hydrogens (primary N) is 1. The number of thiocarbonyl (C=S) groups is 1. The molecule has 4 N–H and O–H groups in total. The Hall–Kier alpha value is -1.53. The number of rotatable bonds is 4. The van der Waals surface area contributed by atoms with E-state index in [1.165, 1.54) is 0 Å². The molecule has 6 heteroatoms. The van der Waals surface area contributed by atoms with Gasteiger partial charge in [0.15, 0.2) is 5.11 Å². The van der Waals surface area contributed by atoms with Gasteiger partial charge in [-0.05, 0) is 52.0 Å². The first-order chi connectivity index (χ1) is 11.1. The molecule has 1 fully saturated rings. The monoisotopic (exact) mass is 352 g/mol. The Morgan fingerprint density at radius 3 is 2.29 bits per heavy atom. The Bertz CT molecular complexity index is 586. The lowest BCUT2D eigenvalue weighted by molar-refractivity contribution is -0.787. The van der Waals surface area contributed by atoms with E-state index in [1.807, 2.05) is 18.2 Å². The normalized spacial score (nSPS) is 19.4. The molecule has 0 unspecified atom stereocenters. The highest BCUT2D eigenvalue weighted by molar-refractivity contribution is 7.80. The Kier molecular flexibility index (Phi) is 5.60. The van der Waals surface area contributed by atoms with Crippen molar-refractivity contribution in [2.45, 2.75) is 57.7 Å². The van der Waals surface area contributed by atoms with E-state index in [2.05, 4.69) is 43.6 Å². The van der Waals surface area contributed by atoms with E-state index in [0.29, 0.717) is 16.9 Å². The van der Waals surface area contributed by atoms with Crippen LogP contribution in [0.25, 0.3) is 0 Å². The van der Waals surface area contributed by atoms with Gasteiger partial charge in [-0.1, -0.05) is 0 Å². The molecule has 134 valence electrons. The van der Waals surface area contributed by atoms with E-state index in [0.717, 1.165) is 24.3 Å². The van der Waals surface area contributed by atoms with Gasteiger partial charge in [-0.3, -0.25) is 0 Å². The highest BCUT2D eigenvalue weighted by Crippen LogP contribution is 2.29. The van der Waals surface area contributed by atoms with Crippen molar-refractivity contribution in [2.75, 3.05) is 19.5 Å². The van der Waals surface area contributed by atoms with Gasteiger partial charge in [-0.15, -0.1) is 0 Å². The number of hydrogen-bond donors (Lipinski definition) is 3. The van der Waals surface area contributed by atoms with Crippen molar-refractivity contribution in [2.24, 2.45) is 0 Å². The topological polar surface area (TPSA) is 59.1 Å². The number of piperidine rings is 1. The van der Waals surface area contributed by atoms with E-state index >= 15 is 0 Å². The minimum absolute atomic E-state index is 0.201. The van der Waals surface area contributed by atoms with Crippen molar-refractivity contribution in [3.05, 3.63) is 18.2 Å². The number of ether oxygens (including phenoxy) is 2. The molecule has 1 aromatic rings. The van der Waals surface area contributed by atoms with Crippen LogP contribution in [0.4, 0.5) is 5.69 Å². The molecule has 0 amide bonds. The third-order valence-corrected chi connectivity index (χ3v) is 4.54. The maximum Gasteiger partial charge on any atom is 0.171 e. The summed E-state index contributed by atoms with van der Waals surface area (Å²) in [5.74, 6) is 1.46. The van der Waals surface area contributed by atoms with Crippen molar-refractivity contribution < 1.29 is 14.8 Å². The van der Waals surface area contributed by atoms with Crippen LogP contribution in [0.15, 0.2) is 18.2 Å². The van der Waals surface area contributed by atoms with Gasteiger partial charge in [-0.25, -0.2) is 0 Å². The molecule has 24 heavy (non-hydrogen) atoms. The predicted molar refractivity (Wildman–Crippen MR) is 102 cm³/mol.